The molecule has 3 nitrogen and oxygen atoms in total. The normalized spacial score (nSPS) is 12.1. The fraction of sp³-hybridized carbons (Fsp3) is 0.300. The van der Waals surface area contributed by atoms with Crippen molar-refractivity contribution in [1.82, 2.24) is 0 Å². The Labute approximate surface area is 87.3 Å². The van der Waals surface area contributed by atoms with E-state index in [0.717, 1.165) is 5.56 Å². The van der Waals surface area contributed by atoms with Crippen LogP contribution in [0.4, 0.5) is 0 Å². The zero-order valence-corrected chi connectivity index (χ0v) is 8.49. The first-order valence-electron chi connectivity index (χ1n) is 4.18. The topological polar surface area (TPSA) is 46.5 Å². The van der Waals surface area contributed by atoms with E-state index in [-0.39, 0.29) is 0 Å². The van der Waals surface area contributed by atoms with Gasteiger partial charge in [0.1, 0.15) is 5.75 Å². The summed E-state index contributed by atoms with van der Waals surface area (Å²) >= 11 is 5.67. The van der Waals surface area contributed by atoms with Gasteiger partial charge in [0.25, 0.3) is 0 Å². The molecular formula is C10H11ClO3. The van der Waals surface area contributed by atoms with Crippen molar-refractivity contribution in [3.05, 3.63) is 29.8 Å². The van der Waals surface area contributed by atoms with E-state index in [1.165, 1.54) is 6.92 Å². The van der Waals surface area contributed by atoms with Gasteiger partial charge in [-0.1, -0.05) is 18.2 Å². The van der Waals surface area contributed by atoms with Crippen molar-refractivity contribution in [2.45, 2.75) is 18.9 Å². The van der Waals surface area contributed by atoms with Crippen LogP contribution < -0.4 is 4.74 Å². The fourth-order valence-electron chi connectivity index (χ4n) is 0.970. The average molecular weight is 215 g/mol. The van der Waals surface area contributed by atoms with Gasteiger partial charge in [0.05, 0.1) is 5.88 Å². The molecule has 0 heterocycles. The maximum Gasteiger partial charge on any atom is 0.344 e. The highest BCUT2D eigenvalue weighted by molar-refractivity contribution is 6.17. The molecule has 1 aromatic rings. The van der Waals surface area contributed by atoms with Crippen molar-refractivity contribution in [2.75, 3.05) is 0 Å². The van der Waals surface area contributed by atoms with Crippen LogP contribution >= 0.6 is 11.6 Å². The van der Waals surface area contributed by atoms with Gasteiger partial charge in [0.2, 0.25) is 0 Å². The van der Waals surface area contributed by atoms with Gasteiger partial charge >= 0.3 is 5.97 Å². The van der Waals surface area contributed by atoms with Crippen molar-refractivity contribution in [3.63, 3.8) is 0 Å². The lowest BCUT2D eigenvalue weighted by Crippen LogP contribution is -2.23. The number of halogens is 1. The first kappa shape index (κ1) is 10.9. The second-order valence-electron chi connectivity index (χ2n) is 2.84. The Morgan fingerprint density at radius 3 is 2.79 bits per heavy atom. The van der Waals surface area contributed by atoms with E-state index >= 15 is 0 Å². The van der Waals surface area contributed by atoms with Gasteiger partial charge in [-0.05, 0) is 13.0 Å². The minimum atomic E-state index is -0.991. The van der Waals surface area contributed by atoms with Crippen LogP contribution in [0.1, 0.15) is 12.5 Å². The van der Waals surface area contributed by atoms with Crippen LogP contribution in [-0.4, -0.2) is 17.2 Å². The summed E-state index contributed by atoms with van der Waals surface area (Å²) in [6.45, 7) is 1.48. The first-order valence-corrected chi connectivity index (χ1v) is 4.72. The fourth-order valence-corrected chi connectivity index (χ4v) is 1.19. The van der Waals surface area contributed by atoms with Crippen molar-refractivity contribution in [3.8, 4) is 5.75 Å². The molecule has 0 radical (unpaired) electrons. The average Bonchev–Trinajstić information content (AvgIpc) is 2.18. The number of rotatable bonds is 4. The molecule has 0 bridgehead atoms. The van der Waals surface area contributed by atoms with Gasteiger partial charge in [-0.3, -0.25) is 0 Å². The SMILES string of the molecule is CC(Oc1ccccc1CCl)C(=O)O. The summed E-state index contributed by atoms with van der Waals surface area (Å²) in [5, 5.41) is 8.65. The number of para-hydroxylation sites is 1. The van der Waals surface area contributed by atoms with E-state index in [9.17, 15) is 4.79 Å². The van der Waals surface area contributed by atoms with Gasteiger partial charge in [-0.2, -0.15) is 0 Å². The van der Waals surface area contributed by atoms with Crippen LogP contribution in [0.5, 0.6) is 5.75 Å². The van der Waals surface area contributed by atoms with Crippen molar-refractivity contribution < 1.29 is 14.6 Å². The zero-order valence-electron chi connectivity index (χ0n) is 7.74. The molecule has 1 atom stereocenters. The molecule has 1 aromatic carbocycles. The maximum atomic E-state index is 10.5. The van der Waals surface area contributed by atoms with E-state index in [2.05, 4.69) is 0 Å². The first-order chi connectivity index (χ1) is 6.65. The van der Waals surface area contributed by atoms with Gasteiger partial charge in [0.15, 0.2) is 6.10 Å². The number of hydrogen-bond acceptors (Lipinski definition) is 2. The highest BCUT2D eigenvalue weighted by Crippen LogP contribution is 2.20. The van der Waals surface area contributed by atoms with Crippen LogP contribution in [0.15, 0.2) is 24.3 Å². The quantitative estimate of drug-likeness (QED) is 0.783. The molecule has 0 saturated heterocycles. The summed E-state index contributed by atoms with van der Waals surface area (Å²) in [5.74, 6) is -0.158. The van der Waals surface area contributed by atoms with Crippen molar-refractivity contribution >= 4 is 17.6 Å². The maximum absolute atomic E-state index is 10.5. The molecule has 0 amide bonds. The van der Waals surface area contributed by atoms with Crippen molar-refractivity contribution in [2.24, 2.45) is 0 Å². The predicted octanol–water partition coefficient (Wildman–Crippen LogP) is 2.28. The van der Waals surface area contributed by atoms with Crippen LogP contribution in [0, 0.1) is 0 Å². The predicted molar refractivity (Wildman–Crippen MR) is 53.7 cm³/mol. The standard InChI is InChI=1S/C10H11ClO3/c1-7(10(12)13)14-9-5-3-2-4-8(9)6-11/h2-5,7H,6H2,1H3,(H,12,13). The zero-order chi connectivity index (χ0) is 10.6. The number of aliphatic carboxylic acids is 1. The summed E-state index contributed by atoms with van der Waals surface area (Å²) in [6, 6.07) is 7.12. The Kier molecular flexibility index (Phi) is 3.77. The summed E-state index contributed by atoms with van der Waals surface area (Å²) in [5.41, 5.74) is 0.794. The van der Waals surface area contributed by atoms with Gasteiger partial charge in [0, 0.05) is 5.56 Å². The molecule has 4 heteroatoms. The monoisotopic (exact) mass is 214 g/mol. The summed E-state index contributed by atoms with van der Waals surface area (Å²) < 4.78 is 5.21. The van der Waals surface area contributed by atoms with Crippen molar-refractivity contribution in [1.29, 1.82) is 0 Å². The molecule has 0 spiro atoms. The lowest BCUT2D eigenvalue weighted by Gasteiger charge is -2.12. The molecule has 1 N–H and O–H groups in total. The molecule has 0 fully saturated rings. The van der Waals surface area contributed by atoms with E-state index in [0.29, 0.717) is 11.6 Å². The molecule has 1 rings (SSSR count). The smallest absolute Gasteiger partial charge is 0.344 e. The van der Waals surface area contributed by atoms with Crippen LogP contribution in [0.25, 0.3) is 0 Å². The number of hydrogen-bond donors (Lipinski definition) is 1. The Morgan fingerprint density at radius 1 is 1.57 bits per heavy atom. The molecular weight excluding hydrogens is 204 g/mol. The Morgan fingerprint density at radius 2 is 2.21 bits per heavy atom. The third-order valence-electron chi connectivity index (χ3n) is 1.77. The number of carboxylic acids is 1. The Bertz CT molecular complexity index is 325. The molecule has 76 valence electrons. The largest absolute Gasteiger partial charge is 0.479 e. The highest BCUT2D eigenvalue weighted by atomic mass is 35.5. The van der Waals surface area contributed by atoms with E-state index in [4.69, 9.17) is 21.4 Å². The van der Waals surface area contributed by atoms with E-state index in [1.807, 2.05) is 6.07 Å². The third-order valence-corrected chi connectivity index (χ3v) is 2.06. The number of alkyl halides is 1. The third kappa shape index (κ3) is 2.64. The van der Waals surface area contributed by atoms with Crippen LogP contribution in [0.3, 0.4) is 0 Å². The van der Waals surface area contributed by atoms with E-state index < -0.39 is 12.1 Å². The number of carbonyl (C=O) groups is 1. The second kappa shape index (κ2) is 4.86. The number of carboxylic acid groups (broad SMARTS) is 1. The molecule has 14 heavy (non-hydrogen) atoms. The van der Waals surface area contributed by atoms with Crippen LogP contribution in [0.2, 0.25) is 0 Å². The lowest BCUT2D eigenvalue weighted by molar-refractivity contribution is -0.144. The minimum absolute atomic E-state index is 0.308. The summed E-state index contributed by atoms with van der Waals surface area (Å²) in [6.07, 6.45) is -0.862. The van der Waals surface area contributed by atoms with E-state index in [1.54, 1.807) is 18.2 Å². The molecule has 0 saturated carbocycles. The van der Waals surface area contributed by atoms with Gasteiger partial charge in [-0.25, -0.2) is 4.79 Å². The number of ether oxygens (including phenoxy) is 1. The summed E-state index contributed by atoms with van der Waals surface area (Å²) in [7, 11) is 0. The molecule has 0 aliphatic carbocycles. The molecule has 0 aliphatic rings. The Hall–Kier alpha value is -1.22. The lowest BCUT2D eigenvalue weighted by atomic mass is 10.2. The molecule has 0 aromatic heterocycles. The highest BCUT2D eigenvalue weighted by Gasteiger charge is 2.13. The minimum Gasteiger partial charge on any atom is -0.479 e. The van der Waals surface area contributed by atoms with Gasteiger partial charge < -0.3 is 9.84 Å². The summed E-state index contributed by atoms with van der Waals surface area (Å²) in [4.78, 5) is 10.5. The molecule has 1 unspecified atom stereocenters. The number of benzene rings is 1. The second-order valence-corrected chi connectivity index (χ2v) is 3.11. The molecule has 0 aliphatic heterocycles. The van der Waals surface area contributed by atoms with Crippen LogP contribution in [-0.2, 0) is 10.7 Å². The Balaban J connectivity index is 2.80. The van der Waals surface area contributed by atoms with Gasteiger partial charge in [-0.15, -0.1) is 11.6 Å².